The molecule has 0 unspecified atom stereocenters. The van der Waals surface area contributed by atoms with Crippen molar-refractivity contribution in [2.75, 3.05) is 18.0 Å². The summed E-state index contributed by atoms with van der Waals surface area (Å²) >= 11 is 0. The van der Waals surface area contributed by atoms with Crippen LogP contribution in [-0.4, -0.2) is 46.9 Å². The molecular weight excluding hydrogens is 322 g/mol. The Kier molecular flexibility index (Phi) is 4.21. The molecule has 1 N–H and O–H groups in total. The molecule has 2 fully saturated rings. The van der Waals surface area contributed by atoms with E-state index in [0.717, 1.165) is 12.1 Å². The van der Waals surface area contributed by atoms with E-state index in [4.69, 9.17) is 5.11 Å². The van der Waals surface area contributed by atoms with Gasteiger partial charge in [0.25, 0.3) is 0 Å². The third kappa shape index (κ3) is 2.72. The number of carbonyl (C=O) groups is 3. The number of nitrogens with zero attached hydrogens (tertiary/aromatic N) is 2. The Hall–Kier alpha value is -2.51. The van der Waals surface area contributed by atoms with E-state index in [1.807, 2.05) is 0 Å². The van der Waals surface area contributed by atoms with E-state index >= 15 is 0 Å². The summed E-state index contributed by atoms with van der Waals surface area (Å²) in [5.41, 5.74) is 0.186. The number of carboxylic acid groups (broad SMARTS) is 1. The molecular formula is C16H16F2N2O4. The molecule has 2 saturated heterocycles. The fourth-order valence-corrected chi connectivity index (χ4v) is 3.31. The normalized spacial score (nSPS) is 23.8. The number of amides is 2. The van der Waals surface area contributed by atoms with Crippen LogP contribution in [0.4, 0.5) is 14.5 Å². The van der Waals surface area contributed by atoms with Gasteiger partial charge in [-0.25, -0.2) is 13.6 Å². The largest absolute Gasteiger partial charge is 0.480 e. The van der Waals surface area contributed by atoms with Gasteiger partial charge < -0.3 is 14.9 Å². The first-order valence-corrected chi connectivity index (χ1v) is 7.70. The molecule has 6 nitrogen and oxygen atoms in total. The average molecular weight is 338 g/mol. The number of hydrogen-bond donors (Lipinski definition) is 1. The maximum absolute atomic E-state index is 13.3. The van der Waals surface area contributed by atoms with Gasteiger partial charge in [0.2, 0.25) is 11.8 Å². The Balaban J connectivity index is 1.77. The van der Waals surface area contributed by atoms with Crippen LogP contribution in [0.3, 0.4) is 0 Å². The first-order chi connectivity index (χ1) is 11.4. The molecule has 1 aromatic rings. The third-order valence-electron chi connectivity index (χ3n) is 4.54. The number of carboxylic acids is 1. The minimum atomic E-state index is -1.08. The van der Waals surface area contributed by atoms with Crippen molar-refractivity contribution in [2.24, 2.45) is 5.92 Å². The zero-order chi connectivity index (χ0) is 17.4. The van der Waals surface area contributed by atoms with Crippen LogP contribution in [0.15, 0.2) is 18.2 Å². The SMILES string of the molecule is O=C(O)[C@H]1CCCN1C(=O)[C@@H]1CCN(c2ccc(F)c(F)c2)C1=O. The van der Waals surface area contributed by atoms with E-state index in [0.29, 0.717) is 19.4 Å². The predicted molar refractivity (Wildman–Crippen MR) is 79.2 cm³/mol. The van der Waals surface area contributed by atoms with Gasteiger partial charge in [-0.3, -0.25) is 9.59 Å². The lowest BCUT2D eigenvalue weighted by Gasteiger charge is -2.24. The number of likely N-dealkylation sites (tertiary alicyclic amines) is 1. The van der Waals surface area contributed by atoms with Crippen molar-refractivity contribution in [1.82, 2.24) is 4.90 Å². The van der Waals surface area contributed by atoms with Crippen molar-refractivity contribution in [3.63, 3.8) is 0 Å². The number of hydrogen-bond acceptors (Lipinski definition) is 3. The lowest BCUT2D eigenvalue weighted by molar-refractivity contribution is -0.151. The van der Waals surface area contributed by atoms with E-state index in [1.165, 1.54) is 15.9 Å². The third-order valence-corrected chi connectivity index (χ3v) is 4.54. The molecule has 0 bridgehead atoms. The molecule has 3 rings (SSSR count). The van der Waals surface area contributed by atoms with E-state index in [-0.39, 0.29) is 18.7 Å². The number of anilines is 1. The molecule has 1 aromatic carbocycles. The summed E-state index contributed by atoms with van der Waals surface area (Å²) in [5.74, 6) is -5.15. The standard InChI is InChI=1S/C16H16F2N2O4/c17-11-4-3-9(8-12(11)18)19-7-5-10(14(19)21)15(22)20-6-1-2-13(20)16(23)24/h3-4,8,10,13H,1-2,5-7H2,(H,23,24)/t10-,13-/m1/s1. The van der Waals surface area contributed by atoms with Crippen LogP contribution in [0.5, 0.6) is 0 Å². The quantitative estimate of drug-likeness (QED) is 0.845. The molecule has 2 amide bonds. The number of benzene rings is 1. The van der Waals surface area contributed by atoms with E-state index in [9.17, 15) is 23.2 Å². The lowest BCUT2D eigenvalue weighted by atomic mass is 10.1. The zero-order valence-electron chi connectivity index (χ0n) is 12.7. The Labute approximate surface area is 136 Å². The van der Waals surface area contributed by atoms with Crippen molar-refractivity contribution in [2.45, 2.75) is 25.3 Å². The first-order valence-electron chi connectivity index (χ1n) is 7.70. The second kappa shape index (κ2) is 6.18. The van der Waals surface area contributed by atoms with E-state index in [2.05, 4.69) is 0 Å². The summed E-state index contributed by atoms with van der Waals surface area (Å²) in [5, 5.41) is 9.16. The summed E-state index contributed by atoms with van der Waals surface area (Å²) < 4.78 is 26.4. The second-order valence-electron chi connectivity index (χ2n) is 5.96. The van der Waals surface area contributed by atoms with Crippen molar-refractivity contribution >= 4 is 23.5 Å². The Bertz CT molecular complexity index is 709. The summed E-state index contributed by atoms with van der Waals surface area (Å²) in [6, 6.07) is 2.21. The van der Waals surface area contributed by atoms with Crippen molar-refractivity contribution in [3.05, 3.63) is 29.8 Å². The average Bonchev–Trinajstić information content (AvgIpc) is 3.16. The predicted octanol–water partition coefficient (Wildman–Crippen LogP) is 1.39. The molecule has 2 heterocycles. The van der Waals surface area contributed by atoms with Crippen LogP contribution < -0.4 is 4.90 Å². The Morgan fingerprint density at radius 3 is 2.54 bits per heavy atom. The minimum absolute atomic E-state index is 0.186. The minimum Gasteiger partial charge on any atom is -0.480 e. The number of carbonyl (C=O) groups excluding carboxylic acids is 2. The lowest BCUT2D eigenvalue weighted by Crippen LogP contribution is -2.45. The van der Waals surface area contributed by atoms with Gasteiger partial charge in [0.15, 0.2) is 11.6 Å². The highest BCUT2D eigenvalue weighted by atomic mass is 19.2. The van der Waals surface area contributed by atoms with Crippen LogP contribution >= 0.6 is 0 Å². The van der Waals surface area contributed by atoms with Gasteiger partial charge in [-0.2, -0.15) is 0 Å². The molecule has 128 valence electrons. The van der Waals surface area contributed by atoms with Gasteiger partial charge in [0.05, 0.1) is 0 Å². The van der Waals surface area contributed by atoms with E-state index < -0.39 is 41.4 Å². The molecule has 2 aliphatic heterocycles. The second-order valence-corrected chi connectivity index (χ2v) is 5.96. The van der Waals surface area contributed by atoms with Gasteiger partial charge in [-0.05, 0) is 31.4 Å². The van der Waals surface area contributed by atoms with Gasteiger partial charge in [0.1, 0.15) is 12.0 Å². The van der Waals surface area contributed by atoms with Gasteiger partial charge in [0, 0.05) is 24.8 Å². The highest BCUT2D eigenvalue weighted by Gasteiger charge is 2.44. The van der Waals surface area contributed by atoms with Gasteiger partial charge >= 0.3 is 5.97 Å². The highest BCUT2D eigenvalue weighted by molar-refractivity contribution is 6.10. The molecule has 0 aromatic heterocycles. The molecule has 0 spiro atoms. The summed E-state index contributed by atoms with van der Waals surface area (Å²) in [6.45, 7) is 0.511. The van der Waals surface area contributed by atoms with Crippen molar-refractivity contribution < 1.29 is 28.3 Å². The fourth-order valence-electron chi connectivity index (χ4n) is 3.31. The highest BCUT2D eigenvalue weighted by Crippen LogP contribution is 2.29. The summed E-state index contributed by atoms with van der Waals surface area (Å²) in [6.07, 6.45) is 1.17. The van der Waals surface area contributed by atoms with Crippen LogP contribution in [0.1, 0.15) is 19.3 Å². The zero-order valence-corrected chi connectivity index (χ0v) is 12.7. The van der Waals surface area contributed by atoms with Crippen molar-refractivity contribution in [1.29, 1.82) is 0 Å². The monoisotopic (exact) mass is 338 g/mol. The maximum atomic E-state index is 13.3. The molecule has 2 atom stereocenters. The van der Waals surface area contributed by atoms with Gasteiger partial charge in [-0.1, -0.05) is 0 Å². The van der Waals surface area contributed by atoms with Crippen LogP contribution in [0.2, 0.25) is 0 Å². The first kappa shape index (κ1) is 16.4. The molecule has 8 heteroatoms. The maximum Gasteiger partial charge on any atom is 0.326 e. The molecule has 0 aliphatic carbocycles. The molecule has 24 heavy (non-hydrogen) atoms. The molecule has 0 saturated carbocycles. The summed E-state index contributed by atoms with van der Waals surface area (Å²) in [4.78, 5) is 38.7. The Morgan fingerprint density at radius 2 is 1.88 bits per heavy atom. The fraction of sp³-hybridized carbons (Fsp3) is 0.438. The number of rotatable bonds is 3. The van der Waals surface area contributed by atoms with Crippen LogP contribution in [-0.2, 0) is 14.4 Å². The smallest absolute Gasteiger partial charge is 0.326 e. The van der Waals surface area contributed by atoms with Crippen molar-refractivity contribution in [3.8, 4) is 0 Å². The molecule has 0 radical (unpaired) electrons. The van der Waals surface area contributed by atoms with Crippen LogP contribution in [0, 0.1) is 17.6 Å². The number of aliphatic carboxylic acids is 1. The van der Waals surface area contributed by atoms with E-state index in [1.54, 1.807) is 0 Å². The van der Waals surface area contributed by atoms with Crippen LogP contribution in [0.25, 0.3) is 0 Å². The topological polar surface area (TPSA) is 77.9 Å². The molecule has 2 aliphatic rings. The number of halogens is 2. The Morgan fingerprint density at radius 1 is 1.12 bits per heavy atom. The van der Waals surface area contributed by atoms with Gasteiger partial charge in [-0.15, -0.1) is 0 Å². The summed E-state index contributed by atoms with van der Waals surface area (Å²) in [7, 11) is 0.